The van der Waals surface area contributed by atoms with Gasteiger partial charge in [0.2, 0.25) is 10.9 Å². The molecule has 0 unspecified atom stereocenters. The van der Waals surface area contributed by atoms with E-state index in [1.165, 1.54) is 44.0 Å². The highest BCUT2D eigenvalue weighted by Crippen LogP contribution is 2.39. The lowest BCUT2D eigenvalue weighted by Gasteiger charge is -2.20. The van der Waals surface area contributed by atoms with Crippen molar-refractivity contribution in [3.8, 4) is 17.2 Å². The van der Waals surface area contributed by atoms with Crippen LogP contribution in [-0.4, -0.2) is 52.1 Å². The summed E-state index contributed by atoms with van der Waals surface area (Å²) in [7, 11) is 2.83. The second kappa shape index (κ2) is 8.63. The van der Waals surface area contributed by atoms with E-state index >= 15 is 0 Å². The molecule has 0 aliphatic carbocycles. The fraction of sp³-hybridized carbons (Fsp3) is 0.143. The zero-order valence-electron chi connectivity index (χ0n) is 17.3. The van der Waals surface area contributed by atoms with Crippen LogP contribution in [0.4, 0.5) is 0 Å². The van der Waals surface area contributed by atoms with E-state index in [0.29, 0.717) is 15.8 Å². The Kier molecular flexibility index (Phi) is 5.73. The molecule has 2 aliphatic rings. The lowest BCUT2D eigenvalue weighted by Crippen LogP contribution is -2.35. The molecule has 32 heavy (non-hydrogen) atoms. The fourth-order valence-corrected chi connectivity index (χ4v) is 3.89. The number of thioether (sulfide) groups is 1. The number of aromatic nitrogens is 1. The van der Waals surface area contributed by atoms with Crippen molar-refractivity contribution in [2.45, 2.75) is 6.92 Å². The maximum absolute atomic E-state index is 12.7. The highest BCUT2D eigenvalue weighted by atomic mass is 32.2. The van der Waals surface area contributed by atoms with Crippen LogP contribution in [0.1, 0.15) is 18.1 Å². The predicted molar refractivity (Wildman–Crippen MR) is 119 cm³/mol. The van der Waals surface area contributed by atoms with Crippen molar-refractivity contribution >= 4 is 45.8 Å². The zero-order chi connectivity index (χ0) is 22.8. The first-order chi connectivity index (χ1) is 15.4. The van der Waals surface area contributed by atoms with E-state index in [0.717, 1.165) is 5.56 Å². The Hall–Kier alpha value is -3.99. The Labute approximate surface area is 187 Å². The second-order valence-electron chi connectivity index (χ2n) is 6.51. The van der Waals surface area contributed by atoms with Gasteiger partial charge in [-0.1, -0.05) is 0 Å². The van der Waals surface area contributed by atoms with E-state index in [-0.39, 0.29) is 28.7 Å². The molecule has 11 heteroatoms. The van der Waals surface area contributed by atoms with Crippen LogP contribution in [0.2, 0.25) is 0 Å². The third kappa shape index (κ3) is 3.97. The summed E-state index contributed by atoms with van der Waals surface area (Å²) in [5, 5.41) is 15.2. The molecule has 0 saturated heterocycles. The van der Waals surface area contributed by atoms with Gasteiger partial charge in [-0.15, -0.1) is 0 Å². The van der Waals surface area contributed by atoms with E-state index in [9.17, 15) is 9.59 Å². The Morgan fingerprint density at radius 1 is 1.16 bits per heavy atom. The molecule has 10 nitrogen and oxygen atoms in total. The normalized spacial score (nSPS) is 16.5. The monoisotopic (exact) mass is 451 g/mol. The van der Waals surface area contributed by atoms with Crippen molar-refractivity contribution < 1.29 is 23.8 Å². The fourth-order valence-electron chi connectivity index (χ4n) is 3.00. The number of nitrogens with one attached hydrogen (secondary N) is 1. The van der Waals surface area contributed by atoms with Gasteiger partial charge in [0.25, 0.3) is 5.91 Å². The van der Waals surface area contributed by atoms with Gasteiger partial charge >= 0.3 is 5.97 Å². The summed E-state index contributed by atoms with van der Waals surface area (Å²) in [5.74, 6) is -0.619. The van der Waals surface area contributed by atoms with Crippen molar-refractivity contribution in [3.05, 3.63) is 53.4 Å². The first kappa shape index (κ1) is 21.2. The topological polar surface area (TPSA) is 127 Å². The molecule has 162 valence electrons. The number of pyridine rings is 1. The Bertz CT molecular complexity index is 1200. The number of methoxy groups -OCH3 is 2. The van der Waals surface area contributed by atoms with E-state index < -0.39 is 11.9 Å². The van der Waals surface area contributed by atoms with Crippen LogP contribution in [0.15, 0.2) is 52.3 Å². The number of nitrogens with zero attached hydrogens (tertiary/aromatic N) is 4. The van der Waals surface area contributed by atoms with Gasteiger partial charge in [-0.05, 0) is 47.7 Å². The highest BCUT2D eigenvalue weighted by molar-refractivity contribution is 8.27. The highest BCUT2D eigenvalue weighted by Gasteiger charge is 2.36. The van der Waals surface area contributed by atoms with Crippen molar-refractivity contribution in [1.29, 1.82) is 5.41 Å². The van der Waals surface area contributed by atoms with E-state index in [1.54, 1.807) is 36.7 Å². The van der Waals surface area contributed by atoms with Crippen LogP contribution in [0.3, 0.4) is 0 Å². The second-order valence-corrected chi connectivity index (χ2v) is 7.47. The van der Waals surface area contributed by atoms with Gasteiger partial charge in [0.1, 0.15) is 5.04 Å². The standard InChI is InChI=1S/C21H17N5O5S/c1-11(27)31-17-15(29-2)9-12(10-16(17)30-3)8-14-18(22)26-21(24-19(14)28)32-20(25-26)13-4-6-23-7-5-13/h4-10,22H,1-3H3/b14-8+,22-18?. The van der Waals surface area contributed by atoms with Gasteiger partial charge in [-0.3, -0.25) is 20.0 Å². The van der Waals surface area contributed by atoms with E-state index in [1.807, 2.05) is 0 Å². The molecule has 2 aromatic rings. The summed E-state index contributed by atoms with van der Waals surface area (Å²) >= 11 is 1.20. The molecule has 1 N–H and O–H groups in total. The molecule has 2 aliphatic heterocycles. The maximum Gasteiger partial charge on any atom is 0.308 e. The van der Waals surface area contributed by atoms with E-state index in [2.05, 4.69) is 15.1 Å². The van der Waals surface area contributed by atoms with Gasteiger partial charge < -0.3 is 14.2 Å². The molecule has 0 saturated carbocycles. The number of amidine groups is 2. The Morgan fingerprint density at radius 2 is 1.81 bits per heavy atom. The number of hydrogen-bond acceptors (Lipinski definition) is 9. The molecule has 1 amide bonds. The first-order valence-electron chi connectivity index (χ1n) is 9.26. The summed E-state index contributed by atoms with van der Waals surface area (Å²) in [4.78, 5) is 32.2. The number of hydrogen-bond donors (Lipinski definition) is 1. The summed E-state index contributed by atoms with van der Waals surface area (Å²) in [5.41, 5.74) is 1.34. The molecule has 0 radical (unpaired) electrons. The number of fused-ring (bicyclic) bond motifs is 1. The summed E-state index contributed by atoms with van der Waals surface area (Å²) < 4.78 is 15.8. The van der Waals surface area contributed by atoms with Crippen LogP contribution in [-0.2, 0) is 9.59 Å². The minimum absolute atomic E-state index is 0.0402. The quantitative estimate of drug-likeness (QED) is 0.418. The number of carbonyl (C=O) groups excluding carboxylic acids is 2. The minimum Gasteiger partial charge on any atom is -0.493 e. The largest absolute Gasteiger partial charge is 0.493 e. The average molecular weight is 451 g/mol. The molecule has 0 fully saturated rings. The smallest absolute Gasteiger partial charge is 0.308 e. The SMILES string of the molecule is COc1cc(/C=C2\C(=N)N3N=C(c4ccncc4)SC3=NC2=O)cc(OC)c1OC(C)=O. The van der Waals surface area contributed by atoms with Gasteiger partial charge in [-0.25, -0.2) is 0 Å². The molecule has 0 spiro atoms. The van der Waals surface area contributed by atoms with Crippen LogP contribution >= 0.6 is 11.8 Å². The first-order valence-corrected chi connectivity index (χ1v) is 10.1. The molecule has 1 aromatic carbocycles. The molecule has 0 atom stereocenters. The molecule has 3 heterocycles. The average Bonchev–Trinajstić information content (AvgIpc) is 3.21. The minimum atomic E-state index is -0.568. The maximum atomic E-state index is 12.7. The Balaban J connectivity index is 1.71. The van der Waals surface area contributed by atoms with E-state index in [4.69, 9.17) is 19.6 Å². The van der Waals surface area contributed by atoms with Crippen molar-refractivity contribution in [2.75, 3.05) is 14.2 Å². The third-order valence-corrected chi connectivity index (χ3v) is 5.38. The van der Waals surface area contributed by atoms with Crippen molar-refractivity contribution in [2.24, 2.45) is 10.1 Å². The number of amides is 1. The number of hydrazone groups is 1. The van der Waals surface area contributed by atoms with Crippen LogP contribution < -0.4 is 14.2 Å². The lowest BCUT2D eigenvalue weighted by molar-refractivity contribution is -0.132. The van der Waals surface area contributed by atoms with Gasteiger partial charge in [-0.2, -0.15) is 15.1 Å². The van der Waals surface area contributed by atoms with Crippen molar-refractivity contribution in [3.63, 3.8) is 0 Å². The third-order valence-electron chi connectivity index (χ3n) is 4.42. The summed E-state index contributed by atoms with van der Waals surface area (Å²) in [6.07, 6.45) is 4.76. The number of benzene rings is 1. The number of rotatable bonds is 5. The number of ether oxygens (including phenoxy) is 3. The Morgan fingerprint density at radius 3 is 2.41 bits per heavy atom. The van der Waals surface area contributed by atoms with Crippen molar-refractivity contribution in [1.82, 2.24) is 9.99 Å². The lowest BCUT2D eigenvalue weighted by atomic mass is 10.1. The molecular formula is C21H17N5O5S. The van der Waals surface area contributed by atoms with Gasteiger partial charge in [0.05, 0.1) is 19.8 Å². The van der Waals surface area contributed by atoms with Crippen LogP contribution in [0, 0.1) is 5.41 Å². The molecule has 0 bridgehead atoms. The molecule has 4 rings (SSSR count). The summed E-state index contributed by atoms with van der Waals surface area (Å²) in [6.45, 7) is 1.27. The number of carbonyl (C=O) groups is 2. The van der Waals surface area contributed by atoms with Crippen LogP contribution in [0.5, 0.6) is 17.2 Å². The molecule has 1 aromatic heterocycles. The number of aliphatic imine (C=N–C) groups is 1. The zero-order valence-corrected chi connectivity index (χ0v) is 18.1. The predicted octanol–water partition coefficient (Wildman–Crippen LogP) is 2.69. The number of esters is 1. The van der Waals surface area contributed by atoms with Gasteiger partial charge in [0.15, 0.2) is 17.3 Å². The molecular weight excluding hydrogens is 434 g/mol. The van der Waals surface area contributed by atoms with Crippen LogP contribution in [0.25, 0.3) is 6.08 Å². The van der Waals surface area contributed by atoms with Gasteiger partial charge in [0, 0.05) is 24.9 Å². The summed E-state index contributed by atoms with van der Waals surface area (Å²) in [6, 6.07) is 6.71.